The third-order valence-corrected chi connectivity index (χ3v) is 6.25. The number of rotatable bonds is 5. The van der Waals surface area contributed by atoms with Crippen molar-refractivity contribution in [2.45, 2.75) is 26.9 Å². The van der Waals surface area contributed by atoms with Crippen LogP contribution in [0.3, 0.4) is 0 Å². The normalized spacial score (nSPS) is 11.5. The molecule has 4 heterocycles. The summed E-state index contributed by atoms with van der Waals surface area (Å²) in [4.78, 5) is 57.1. The van der Waals surface area contributed by atoms with Crippen LogP contribution in [-0.2, 0) is 6.18 Å². The van der Waals surface area contributed by atoms with E-state index in [0.29, 0.717) is 40.3 Å². The first-order valence-corrected chi connectivity index (χ1v) is 12.1. The van der Waals surface area contributed by atoms with E-state index in [9.17, 15) is 27.6 Å². The molecule has 41 heavy (non-hydrogen) atoms. The zero-order chi connectivity index (χ0) is 29.5. The number of halogens is 3. The molecule has 0 aliphatic heterocycles. The Morgan fingerprint density at radius 1 is 0.976 bits per heavy atom. The molecule has 208 valence electrons. The second-order valence-electron chi connectivity index (χ2n) is 9.14. The third-order valence-electron chi connectivity index (χ3n) is 6.25. The van der Waals surface area contributed by atoms with Gasteiger partial charge >= 0.3 is 11.9 Å². The summed E-state index contributed by atoms with van der Waals surface area (Å²) >= 11 is 0. The van der Waals surface area contributed by atoms with Gasteiger partial charge in [-0.05, 0) is 56.7 Å². The van der Waals surface area contributed by atoms with Gasteiger partial charge in [-0.3, -0.25) is 19.1 Å². The van der Waals surface area contributed by atoms with Gasteiger partial charge in [0.15, 0.2) is 5.65 Å². The minimum atomic E-state index is -4.72. The molecule has 5 aromatic rings. The zero-order valence-electron chi connectivity index (χ0n) is 21.8. The summed E-state index contributed by atoms with van der Waals surface area (Å²) in [7, 11) is 0. The number of pyridine rings is 2. The molecule has 1 amide bonds. The van der Waals surface area contributed by atoms with Crippen molar-refractivity contribution in [1.82, 2.24) is 29.5 Å². The molecule has 0 radical (unpaired) electrons. The number of aromatic nitrogens is 6. The van der Waals surface area contributed by atoms with E-state index in [2.05, 4.69) is 30.6 Å². The van der Waals surface area contributed by atoms with Gasteiger partial charge < -0.3 is 15.6 Å². The molecular formula is C27H21F3N8O3. The van der Waals surface area contributed by atoms with Crippen LogP contribution in [-0.4, -0.2) is 35.4 Å². The van der Waals surface area contributed by atoms with Crippen molar-refractivity contribution in [1.29, 1.82) is 0 Å². The molecule has 0 aliphatic carbocycles. The predicted octanol–water partition coefficient (Wildman–Crippen LogP) is 4.20. The first-order chi connectivity index (χ1) is 19.4. The SMILES string of the molecule is Cc1ccc(Nc2ncc3c(C)n(-c4cc(C(=O)Nc5cc(C(F)(F)F)c[nH]c5=O)ccc4C)c(=O)nc3n2)cn1. The molecule has 0 aliphatic rings. The van der Waals surface area contributed by atoms with Crippen molar-refractivity contribution in [3.63, 3.8) is 0 Å². The average Bonchev–Trinajstić information content (AvgIpc) is 2.91. The number of amides is 1. The fourth-order valence-corrected chi connectivity index (χ4v) is 4.06. The van der Waals surface area contributed by atoms with E-state index < -0.39 is 34.6 Å². The number of alkyl halides is 3. The molecule has 14 heteroatoms. The number of hydrogen-bond donors (Lipinski definition) is 3. The minimum Gasteiger partial charge on any atom is -0.327 e. The molecule has 0 bridgehead atoms. The van der Waals surface area contributed by atoms with Crippen molar-refractivity contribution in [3.05, 3.63) is 104 Å². The predicted molar refractivity (Wildman–Crippen MR) is 145 cm³/mol. The lowest BCUT2D eigenvalue weighted by Crippen LogP contribution is -2.26. The van der Waals surface area contributed by atoms with E-state index in [1.807, 2.05) is 24.0 Å². The van der Waals surface area contributed by atoms with Crippen LogP contribution in [0, 0.1) is 20.8 Å². The van der Waals surface area contributed by atoms with Crippen LogP contribution in [0.15, 0.2) is 64.6 Å². The van der Waals surface area contributed by atoms with Crippen molar-refractivity contribution >= 4 is 34.3 Å². The van der Waals surface area contributed by atoms with E-state index in [1.165, 1.54) is 22.9 Å². The summed E-state index contributed by atoms with van der Waals surface area (Å²) in [6.45, 7) is 5.24. The molecule has 1 aromatic carbocycles. The Kier molecular flexibility index (Phi) is 6.82. The van der Waals surface area contributed by atoms with Crippen LogP contribution in [0.2, 0.25) is 0 Å². The number of H-pyrrole nitrogens is 1. The topological polar surface area (TPSA) is 148 Å². The summed E-state index contributed by atoms with van der Waals surface area (Å²) < 4.78 is 40.5. The highest BCUT2D eigenvalue weighted by atomic mass is 19.4. The number of aromatic amines is 1. The largest absolute Gasteiger partial charge is 0.417 e. The van der Waals surface area contributed by atoms with E-state index in [1.54, 1.807) is 26.1 Å². The molecule has 0 saturated heterocycles. The highest BCUT2D eigenvalue weighted by Crippen LogP contribution is 2.29. The van der Waals surface area contributed by atoms with Gasteiger partial charge in [0.05, 0.1) is 28.5 Å². The summed E-state index contributed by atoms with van der Waals surface area (Å²) in [5, 5.41) is 5.69. The van der Waals surface area contributed by atoms with Crippen molar-refractivity contribution in [2.24, 2.45) is 0 Å². The van der Waals surface area contributed by atoms with Crippen LogP contribution in [0.25, 0.3) is 16.7 Å². The molecular weight excluding hydrogens is 541 g/mol. The number of nitrogens with one attached hydrogen (secondary N) is 3. The highest BCUT2D eigenvalue weighted by molar-refractivity contribution is 6.04. The first kappa shape index (κ1) is 27.2. The first-order valence-electron chi connectivity index (χ1n) is 12.1. The number of benzene rings is 1. The van der Waals surface area contributed by atoms with Gasteiger partial charge in [0.25, 0.3) is 11.5 Å². The van der Waals surface area contributed by atoms with E-state index in [4.69, 9.17) is 0 Å². The van der Waals surface area contributed by atoms with Gasteiger partial charge in [-0.15, -0.1) is 0 Å². The van der Waals surface area contributed by atoms with Gasteiger partial charge in [-0.2, -0.15) is 23.1 Å². The maximum absolute atomic E-state index is 13.2. The average molecular weight is 563 g/mol. The van der Waals surface area contributed by atoms with Gasteiger partial charge in [0.1, 0.15) is 5.69 Å². The van der Waals surface area contributed by atoms with Crippen molar-refractivity contribution in [3.8, 4) is 5.69 Å². The molecule has 11 nitrogen and oxygen atoms in total. The van der Waals surface area contributed by atoms with E-state index >= 15 is 0 Å². The van der Waals surface area contributed by atoms with Gasteiger partial charge in [-0.25, -0.2) is 9.78 Å². The summed E-state index contributed by atoms with van der Waals surface area (Å²) in [5.41, 5.74) is -0.286. The molecule has 0 spiro atoms. The second kappa shape index (κ2) is 10.3. The number of fused-ring (bicyclic) bond motifs is 1. The van der Waals surface area contributed by atoms with Crippen LogP contribution in [0.1, 0.15) is 32.9 Å². The Morgan fingerprint density at radius 2 is 1.76 bits per heavy atom. The van der Waals surface area contributed by atoms with Gasteiger partial charge in [-0.1, -0.05) is 6.07 Å². The number of nitrogens with zero attached hydrogens (tertiary/aromatic N) is 5. The standard InChI is InChI=1S/C27H21F3N8O3/c1-13-4-6-16(23(39)35-20-9-17(27(28,29)30)10-32-24(20)40)8-21(13)38-15(3)19-12-33-25(36-22(19)37-26(38)41)34-18-7-5-14(2)31-11-18/h4-12H,1-3H3,(H,32,40)(H,35,39)(H,34,36,37,41). The summed E-state index contributed by atoms with van der Waals surface area (Å²) in [6, 6.07) is 8.55. The van der Waals surface area contributed by atoms with E-state index in [0.717, 1.165) is 5.69 Å². The molecule has 0 fully saturated rings. The maximum Gasteiger partial charge on any atom is 0.417 e. The lowest BCUT2D eigenvalue weighted by molar-refractivity contribution is -0.137. The Labute approximate surface area is 229 Å². The molecule has 5 rings (SSSR count). The van der Waals surface area contributed by atoms with Gasteiger partial charge in [0.2, 0.25) is 5.95 Å². The van der Waals surface area contributed by atoms with Crippen molar-refractivity contribution < 1.29 is 18.0 Å². The Balaban J connectivity index is 1.49. The Morgan fingerprint density at radius 3 is 2.46 bits per heavy atom. The fraction of sp³-hybridized carbons (Fsp3) is 0.148. The molecule has 0 saturated carbocycles. The lowest BCUT2D eigenvalue weighted by Gasteiger charge is -2.15. The highest BCUT2D eigenvalue weighted by Gasteiger charge is 2.31. The number of carbonyl (C=O) groups is 1. The number of carbonyl (C=O) groups excluding carboxylic acids is 1. The van der Waals surface area contributed by atoms with Crippen LogP contribution in [0.4, 0.5) is 30.5 Å². The number of hydrogen-bond acceptors (Lipinski definition) is 8. The monoisotopic (exact) mass is 562 g/mol. The number of anilines is 3. The molecule has 4 aromatic heterocycles. The van der Waals surface area contributed by atoms with Crippen LogP contribution < -0.4 is 21.9 Å². The van der Waals surface area contributed by atoms with Gasteiger partial charge in [0, 0.05) is 29.3 Å². The minimum absolute atomic E-state index is 0.00341. The third kappa shape index (κ3) is 5.52. The quantitative estimate of drug-likeness (QED) is 0.289. The van der Waals surface area contributed by atoms with Crippen LogP contribution >= 0.6 is 0 Å². The Bertz CT molecular complexity index is 1930. The van der Waals surface area contributed by atoms with Crippen molar-refractivity contribution in [2.75, 3.05) is 10.6 Å². The van der Waals surface area contributed by atoms with Crippen LogP contribution in [0.5, 0.6) is 0 Å². The maximum atomic E-state index is 13.2. The molecule has 3 N–H and O–H groups in total. The fourth-order valence-electron chi connectivity index (χ4n) is 4.06. The summed E-state index contributed by atoms with van der Waals surface area (Å²) in [6.07, 6.45) is -1.07. The molecule has 0 atom stereocenters. The Hall–Kier alpha value is -5.40. The second-order valence-corrected chi connectivity index (χ2v) is 9.14. The lowest BCUT2D eigenvalue weighted by atomic mass is 10.1. The number of aryl methyl sites for hydroxylation is 3. The molecule has 0 unspecified atom stereocenters. The zero-order valence-corrected chi connectivity index (χ0v) is 21.8. The smallest absolute Gasteiger partial charge is 0.327 e. The van der Waals surface area contributed by atoms with E-state index in [-0.39, 0.29) is 17.2 Å². The summed E-state index contributed by atoms with van der Waals surface area (Å²) in [5.74, 6) is -0.633.